The summed E-state index contributed by atoms with van der Waals surface area (Å²) in [5, 5.41) is 6.06. The molecule has 0 unspecified atom stereocenters. The number of aromatic nitrogens is 2. The zero-order valence-corrected chi connectivity index (χ0v) is 17.7. The third kappa shape index (κ3) is 5.16. The summed E-state index contributed by atoms with van der Waals surface area (Å²) in [6, 6.07) is 14.3. The molecule has 2 aromatic carbocycles. The van der Waals surface area contributed by atoms with Crippen LogP contribution >= 0.6 is 0 Å². The zero-order valence-electron chi connectivity index (χ0n) is 17.7. The number of rotatable bonds is 7. The highest BCUT2D eigenvalue weighted by atomic mass is 16.5. The molecule has 0 saturated heterocycles. The van der Waals surface area contributed by atoms with E-state index in [9.17, 15) is 4.79 Å². The van der Waals surface area contributed by atoms with Crippen molar-refractivity contribution in [1.82, 2.24) is 9.97 Å². The average molecular weight is 407 g/mol. The predicted octanol–water partition coefficient (Wildman–Crippen LogP) is 3.86. The van der Waals surface area contributed by atoms with Crippen molar-refractivity contribution >= 4 is 29.0 Å². The van der Waals surface area contributed by atoms with Crippen molar-refractivity contribution in [2.45, 2.75) is 6.92 Å². The van der Waals surface area contributed by atoms with Gasteiger partial charge in [-0.25, -0.2) is 4.98 Å². The maximum atomic E-state index is 12.6. The fraction of sp³-hybridized carbons (Fsp3) is 0.227. The van der Waals surface area contributed by atoms with Gasteiger partial charge in [-0.1, -0.05) is 0 Å². The largest absolute Gasteiger partial charge is 0.497 e. The van der Waals surface area contributed by atoms with Gasteiger partial charge in [0.1, 0.15) is 17.3 Å². The first-order valence-corrected chi connectivity index (χ1v) is 9.32. The van der Waals surface area contributed by atoms with Gasteiger partial charge >= 0.3 is 0 Å². The Labute approximate surface area is 175 Å². The quantitative estimate of drug-likeness (QED) is 0.615. The molecule has 0 radical (unpaired) electrons. The first kappa shape index (κ1) is 20.9. The molecule has 0 spiro atoms. The molecule has 0 aliphatic heterocycles. The van der Waals surface area contributed by atoms with Gasteiger partial charge in [0, 0.05) is 48.9 Å². The van der Waals surface area contributed by atoms with Crippen LogP contribution in [0.5, 0.6) is 11.5 Å². The van der Waals surface area contributed by atoms with Crippen molar-refractivity contribution < 1.29 is 14.3 Å². The molecule has 8 nitrogen and oxygen atoms in total. The standard InChI is InChI=1S/C22H25N5O3/c1-14-10-20(27(2)3)26-22(23-14)25-17-8-6-16(7-9-17)24-21(28)15-11-18(29-4)13-19(12-15)30-5/h6-13H,1-5H3,(H,24,28)(H,23,25,26). The maximum absolute atomic E-state index is 12.6. The van der Waals surface area contributed by atoms with E-state index < -0.39 is 0 Å². The van der Waals surface area contributed by atoms with Crippen LogP contribution in [-0.2, 0) is 0 Å². The lowest BCUT2D eigenvalue weighted by Crippen LogP contribution is -2.13. The second-order valence-electron chi connectivity index (χ2n) is 6.84. The van der Waals surface area contributed by atoms with Gasteiger partial charge < -0.3 is 25.0 Å². The number of nitrogens with zero attached hydrogens (tertiary/aromatic N) is 3. The fourth-order valence-electron chi connectivity index (χ4n) is 2.74. The molecule has 3 rings (SSSR count). The monoisotopic (exact) mass is 407 g/mol. The molecule has 0 fully saturated rings. The number of hydrogen-bond donors (Lipinski definition) is 2. The lowest BCUT2D eigenvalue weighted by atomic mass is 10.1. The minimum Gasteiger partial charge on any atom is -0.497 e. The number of anilines is 4. The van der Waals surface area contributed by atoms with E-state index in [1.807, 2.05) is 44.1 Å². The van der Waals surface area contributed by atoms with E-state index in [0.29, 0.717) is 28.7 Å². The predicted molar refractivity (Wildman–Crippen MR) is 118 cm³/mol. The molecule has 8 heteroatoms. The first-order chi connectivity index (χ1) is 14.4. The minimum atomic E-state index is -0.259. The van der Waals surface area contributed by atoms with Crippen LogP contribution in [0.2, 0.25) is 0 Å². The van der Waals surface area contributed by atoms with Crippen LogP contribution in [0.15, 0.2) is 48.5 Å². The van der Waals surface area contributed by atoms with E-state index >= 15 is 0 Å². The number of aryl methyl sites for hydroxylation is 1. The van der Waals surface area contributed by atoms with Crippen molar-refractivity contribution in [2.75, 3.05) is 43.8 Å². The van der Waals surface area contributed by atoms with E-state index in [0.717, 1.165) is 17.2 Å². The summed E-state index contributed by atoms with van der Waals surface area (Å²) in [5.41, 5.74) is 2.78. The number of amides is 1. The topological polar surface area (TPSA) is 88.6 Å². The van der Waals surface area contributed by atoms with Crippen molar-refractivity contribution in [1.29, 1.82) is 0 Å². The van der Waals surface area contributed by atoms with Crippen LogP contribution in [0.3, 0.4) is 0 Å². The summed E-state index contributed by atoms with van der Waals surface area (Å²) < 4.78 is 10.4. The lowest BCUT2D eigenvalue weighted by molar-refractivity contribution is 0.102. The number of carbonyl (C=O) groups excluding carboxylic acids is 1. The molecule has 156 valence electrons. The number of methoxy groups -OCH3 is 2. The first-order valence-electron chi connectivity index (χ1n) is 9.32. The normalized spacial score (nSPS) is 10.3. The second-order valence-corrected chi connectivity index (χ2v) is 6.84. The van der Waals surface area contributed by atoms with E-state index in [-0.39, 0.29) is 5.91 Å². The highest BCUT2D eigenvalue weighted by Crippen LogP contribution is 2.24. The third-order valence-electron chi connectivity index (χ3n) is 4.31. The molecule has 0 atom stereocenters. The molecule has 1 heterocycles. The molecule has 2 N–H and O–H groups in total. The number of nitrogens with one attached hydrogen (secondary N) is 2. The van der Waals surface area contributed by atoms with Crippen molar-refractivity contribution in [3.8, 4) is 11.5 Å². The summed E-state index contributed by atoms with van der Waals surface area (Å²) in [4.78, 5) is 23.4. The molecule has 0 aliphatic rings. The third-order valence-corrected chi connectivity index (χ3v) is 4.31. The number of hydrogen-bond acceptors (Lipinski definition) is 7. The maximum Gasteiger partial charge on any atom is 0.255 e. The van der Waals surface area contributed by atoms with Crippen LogP contribution in [0.1, 0.15) is 16.1 Å². The molecule has 1 amide bonds. The van der Waals surface area contributed by atoms with Crippen LogP contribution in [0.25, 0.3) is 0 Å². The van der Waals surface area contributed by atoms with Gasteiger partial charge in [0.25, 0.3) is 5.91 Å². The van der Waals surface area contributed by atoms with E-state index in [2.05, 4.69) is 20.6 Å². The SMILES string of the molecule is COc1cc(OC)cc(C(=O)Nc2ccc(Nc3nc(C)cc(N(C)C)n3)cc2)c1. The van der Waals surface area contributed by atoms with Gasteiger partial charge in [0.15, 0.2) is 0 Å². The Balaban J connectivity index is 1.71. The Morgan fingerprint density at radius 3 is 2.07 bits per heavy atom. The summed E-state index contributed by atoms with van der Waals surface area (Å²) in [7, 11) is 6.95. The van der Waals surface area contributed by atoms with E-state index in [1.165, 1.54) is 0 Å². The zero-order chi connectivity index (χ0) is 21.7. The molecule has 0 bridgehead atoms. The summed E-state index contributed by atoms with van der Waals surface area (Å²) in [5.74, 6) is 2.18. The Kier molecular flexibility index (Phi) is 6.36. The van der Waals surface area contributed by atoms with Crippen LogP contribution in [0, 0.1) is 6.92 Å². The molecular weight excluding hydrogens is 382 g/mol. The Hall–Kier alpha value is -3.81. The van der Waals surface area contributed by atoms with E-state index in [4.69, 9.17) is 9.47 Å². The smallest absolute Gasteiger partial charge is 0.255 e. The molecule has 30 heavy (non-hydrogen) atoms. The van der Waals surface area contributed by atoms with E-state index in [1.54, 1.807) is 44.6 Å². The molecule has 0 aliphatic carbocycles. The average Bonchev–Trinajstić information content (AvgIpc) is 2.74. The molecular formula is C22H25N5O3. The number of benzene rings is 2. The number of ether oxygens (including phenoxy) is 2. The summed E-state index contributed by atoms with van der Waals surface area (Å²) in [6.07, 6.45) is 0. The second kappa shape index (κ2) is 9.13. The lowest BCUT2D eigenvalue weighted by Gasteiger charge is -2.14. The van der Waals surface area contributed by atoms with Gasteiger partial charge in [0.2, 0.25) is 5.95 Å². The number of carbonyl (C=O) groups is 1. The Morgan fingerprint density at radius 2 is 1.50 bits per heavy atom. The van der Waals surface area contributed by atoms with Gasteiger partial charge in [-0.3, -0.25) is 4.79 Å². The van der Waals surface area contributed by atoms with Crippen LogP contribution in [-0.4, -0.2) is 44.2 Å². The van der Waals surface area contributed by atoms with Gasteiger partial charge in [0.05, 0.1) is 14.2 Å². The molecule has 3 aromatic rings. The molecule has 0 saturated carbocycles. The fourth-order valence-corrected chi connectivity index (χ4v) is 2.74. The Bertz CT molecular complexity index is 1010. The van der Waals surface area contributed by atoms with Crippen molar-refractivity contribution in [3.63, 3.8) is 0 Å². The minimum absolute atomic E-state index is 0.259. The Morgan fingerprint density at radius 1 is 0.900 bits per heavy atom. The van der Waals surface area contributed by atoms with Crippen LogP contribution in [0.4, 0.5) is 23.1 Å². The summed E-state index contributed by atoms with van der Waals surface area (Å²) >= 11 is 0. The molecule has 1 aromatic heterocycles. The van der Waals surface area contributed by atoms with Gasteiger partial charge in [-0.2, -0.15) is 4.98 Å². The van der Waals surface area contributed by atoms with Crippen molar-refractivity contribution in [3.05, 3.63) is 59.8 Å². The highest BCUT2D eigenvalue weighted by Gasteiger charge is 2.11. The summed E-state index contributed by atoms with van der Waals surface area (Å²) in [6.45, 7) is 1.92. The van der Waals surface area contributed by atoms with Crippen molar-refractivity contribution in [2.24, 2.45) is 0 Å². The van der Waals surface area contributed by atoms with Gasteiger partial charge in [-0.15, -0.1) is 0 Å². The highest BCUT2D eigenvalue weighted by molar-refractivity contribution is 6.04. The van der Waals surface area contributed by atoms with Crippen LogP contribution < -0.4 is 25.0 Å². The van der Waals surface area contributed by atoms with Gasteiger partial charge in [-0.05, 0) is 43.3 Å².